The van der Waals surface area contributed by atoms with Crippen molar-refractivity contribution in [3.63, 3.8) is 0 Å². The number of carbonyl (C=O) groups excluding carboxylic acids is 1. The largest absolute Gasteiger partial charge is 0.351 e. The topological polar surface area (TPSA) is 32.3 Å². The lowest BCUT2D eigenvalue weighted by molar-refractivity contribution is 0.0948. The second-order valence-electron chi connectivity index (χ2n) is 5.02. The van der Waals surface area contributed by atoms with Crippen molar-refractivity contribution < 1.29 is 4.79 Å². The highest BCUT2D eigenvalue weighted by Crippen LogP contribution is 2.10. The van der Waals surface area contributed by atoms with Crippen molar-refractivity contribution in [2.45, 2.75) is 25.7 Å². The number of likely N-dealkylation sites (tertiary alicyclic amines) is 1. The summed E-state index contributed by atoms with van der Waals surface area (Å²) in [7, 11) is 0. The zero-order valence-corrected chi connectivity index (χ0v) is 12.0. The van der Waals surface area contributed by atoms with Gasteiger partial charge in [-0.2, -0.15) is 0 Å². The Labute approximate surface area is 119 Å². The molecular formula is C15H21ClN2O. The second kappa shape index (κ2) is 7.51. The average Bonchev–Trinajstić information content (AvgIpc) is 2.68. The van der Waals surface area contributed by atoms with E-state index in [1.54, 1.807) is 24.3 Å². The maximum absolute atomic E-state index is 11.9. The highest BCUT2D eigenvalue weighted by atomic mass is 35.5. The molecule has 3 nitrogen and oxygen atoms in total. The van der Waals surface area contributed by atoms with Crippen molar-refractivity contribution in [3.8, 4) is 0 Å². The molecule has 1 amide bonds. The molecule has 1 fully saturated rings. The third-order valence-electron chi connectivity index (χ3n) is 3.52. The van der Waals surface area contributed by atoms with Crippen LogP contribution < -0.4 is 5.32 Å². The first-order chi connectivity index (χ1) is 9.25. The Morgan fingerprint density at radius 3 is 2.37 bits per heavy atom. The quantitative estimate of drug-likeness (QED) is 0.920. The molecule has 0 atom stereocenters. The van der Waals surface area contributed by atoms with Gasteiger partial charge >= 0.3 is 0 Å². The molecule has 0 spiro atoms. The van der Waals surface area contributed by atoms with Crippen molar-refractivity contribution in [2.24, 2.45) is 0 Å². The normalized spacial score (nSPS) is 16.9. The molecule has 0 unspecified atom stereocenters. The number of carbonyl (C=O) groups is 1. The average molecular weight is 281 g/mol. The predicted molar refractivity (Wildman–Crippen MR) is 78.7 cm³/mol. The first-order valence-electron chi connectivity index (χ1n) is 7.02. The minimum atomic E-state index is -0.0218. The number of nitrogens with zero attached hydrogens (tertiary/aromatic N) is 1. The molecule has 4 heteroatoms. The Hall–Kier alpha value is -1.06. The lowest BCUT2D eigenvalue weighted by Crippen LogP contribution is -2.35. The van der Waals surface area contributed by atoms with Crippen molar-refractivity contribution in [3.05, 3.63) is 34.9 Å². The standard InChI is InChI=1S/C15H21ClN2O/c16-14-7-5-13(6-8-14)15(19)17-9-12-18-10-3-1-2-4-11-18/h5-8H,1-4,9-12H2,(H,17,19). The maximum atomic E-state index is 11.9. The smallest absolute Gasteiger partial charge is 0.251 e. The van der Waals surface area contributed by atoms with Crippen LogP contribution >= 0.6 is 11.6 Å². The molecular weight excluding hydrogens is 260 g/mol. The molecule has 0 aliphatic carbocycles. The van der Waals surface area contributed by atoms with E-state index < -0.39 is 0 Å². The minimum Gasteiger partial charge on any atom is -0.351 e. The zero-order chi connectivity index (χ0) is 13.5. The van der Waals surface area contributed by atoms with Crippen molar-refractivity contribution >= 4 is 17.5 Å². The van der Waals surface area contributed by atoms with E-state index in [1.807, 2.05) is 0 Å². The zero-order valence-electron chi connectivity index (χ0n) is 11.2. The predicted octanol–water partition coefficient (Wildman–Crippen LogP) is 2.95. The summed E-state index contributed by atoms with van der Waals surface area (Å²) in [5.74, 6) is -0.0218. The van der Waals surface area contributed by atoms with E-state index in [0.717, 1.165) is 19.6 Å². The molecule has 1 N–H and O–H groups in total. The number of nitrogens with one attached hydrogen (secondary N) is 1. The van der Waals surface area contributed by atoms with E-state index in [9.17, 15) is 4.79 Å². The van der Waals surface area contributed by atoms with Crippen LogP contribution in [0.3, 0.4) is 0 Å². The van der Waals surface area contributed by atoms with Crippen molar-refractivity contribution in [1.29, 1.82) is 0 Å². The van der Waals surface area contributed by atoms with Crippen LogP contribution in [-0.4, -0.2) is 37.0 Å². The molecule has 1 aliphatic heterocycles. The van der Waals surface area contributed by atoms with Crippen LogP contribution in [0.1, 0.15) is 36.0 Å². The third-order valence-corrected chi connectivity index (χ3v) is 3.77. The van der Waals surface area contributed by atoms with Gasteiger partial charge in [-0.15, -0.1) is 0 Å². The Balaban J connectivity index is 1.72. The van der Waals surface area contributed by atoms with E-state index in [-0.39, 0.29) is 5.91 Å². The number of rotatable bonds is 4. The van der Waals surface area contributed by atoms with Gasteiger partial charge in [0.1, 0.15) is 0 Å². The molecule has 19 heavy (non-hydrogen) atoms. The summed E-state index contributed by atoms with van der Waals surface area (Å²) < 4.78 is 0. The molecule has 1 aliphatic rings. The molecule has 1 aromatic rings. The molecule has 2 rings (SSSR count). The van der Waals surface area contributed by atoms with E-state index in [0.29, 0.717) is 17.1 Å². The summed E-state index contributed by atoms with van der Waals surface area (Å²) in [4.78, 5) is 14.3. The Morgan fingerprint density at radius 1 is 1.11 bits per heavy atom. The number of halogens is 1. The van der Waals surface area contributed by atoms with Crippen molar-refractivity contribution in [1.82, 2.24) is 10.2 Å². The first kappa shape index (κ1) is 14.4. The lowest BCUT2D eigenvalue weighted by atomic mass is 10.2. The van der Waals surface area contributed by atoms with Crippen LogP contribution in [0.15, 0.2) is 24.3 Å². The van der Waals surface area contributed by atoms with Crippen LogP contribution in [0.5, 0.6) is 0 Å². The van der Waals surface area contributed by atoms with Gasteiger partial charge in [0.15, 0.2) is 0 Å². The van der Waals surface area contributed by atoms with Gasteiger partial charge < -0.3 is 10.2 Å². The number of hydrogen-bond donors (Lipinski definition) is 1. The molecule has 0 saturated carbocycles. The molecule has 0 radical (unpaired) electrons. The van der Waals surface area contributed by atoms with Crippen molar-refractivity contribution in [2.75, 3.05) is 26.2 Å². The Bertz CT molecular complexity index is 397. The Morgan fingerprint density at radius 2 is 1.74 bits per heavy atom. The molecule has 104 valence electrons. The molecule has 1 aromatic carbocycles. The number of hydrogen-bond acceptors (Lipinski definition) is 2. The fourth-order valence-corrected chi connectivity index (χ4v) is 2.52. The Kier molecular flexibility index (Phi) is 5.67. The van der Waals surface area contributed by atoms with Gasteiger partial charge in [0.2, 0.25) is 0 Å². The fraction of sp³-hybridized carbons (Fsp3) is 0.533. The summed E-state index contributed by atoms with van der Waals surface area (Å²) in [6.07, 6.45) is 5.25. The molecule has 0 aromatic heterocycles. The van der Waals surface area contributed by atoms with E-state index in [2.05, 4.69) is 10.2 Å². The van der Waals surface area contributed by atoms with Crippen LogP contribution in [-0.2, 0) is 0 Å². The summed E-state index contributed by atoms with van der Waals surface area (Å²) in [6, 6.07) is 6.99. The van der Waals surface area contributed by atoms with Gasteiger partial charge in [0, 0.05) is 23.7 Å². The van der Waals surface area contributed by atoms with Crippen LogP contribution in [0, 0.1) is 0 Å². The highest BCUT2D eigenvalue weighted by molar-refractivity contribution is 6.30. The van der Waals surface area contributed by atoms with Gasteiger partial charge in [-0.3, -0.25) is 4.79 Å². The van der Waals surface area contributed by atoms with E-state index in [1.165, 1.54) is 25.7 Å². The molecule has 1 heterocycles. The summed E-state index contributed by atoms with van der Waals surface area (Å²) in [5.41, 5.74) is 0.667. The number of benzene rings is 1. The lowest BCUT2D eigenvalue weighted by Gasteiger charge is -2.19. The monoisotopic (exact) mass is 280 g/mol. The van der Waals surface area contributed by atoms with Gasteiger partial charge in [-0.05, 0) is 50.2 Å². The SMILES string of the molecule is O=C(NCCN1CCCCCC1)c1ccc(Cl)cc1. The van der Waals surface area contributed by atoms with Gasteiger partial charge in [-0.1, -0.05) is 24.4 Å². The van der Waals surface area contributed by atoms with Crippen LogP contribution in [0.2, 0.25) is 5.02 Å². The third kappa shape index (κ3) is 4.84. The minimum absolute atomic E-state index is 0.0218. The van der Waals surface area contributed by atoms with E-state index in [4.69, 9.17) is 11.6 Å². The highest BCUT2D eigenvalue weighted by Gasteiger charge is 2.09. The summed E-state index contributed by atoms with van der Waals surface area (Å²) in [5, 5.41) is 3.62. The van der Waals surface area contributed by atoms with Gasteiger partial charge in [0.25, 0.3) is 5.91 Å². The van der Waals surface area contributed by atoms with Gasteiger partial charge in [0.05, 0.1) is 0 Å². The summed E-state index contributed by atoms with van der Waals surface area (Å²) >= 11 is 5.80. The van der Waals surface area contributed by atoms with Crippen LogP contribution in [0.4, 0.5) is 0 Å². The maximum Gasteiger partial charge on any atom is 0.251 e. The summed E-state index contributed by atoms with van der Waals surface area (Å²) in [6.45, 7) is 3.98. The van der Waals surface area contributed by atoms with E-state index >= 15 is 0 Å². The fourth-order valence-electron chi connectivity index (χ4n) is 2.39. The number of amides is 1. The van der Waals surface area contributed by atoms with Gasteiger partial charge in [-0.25, -0.2) is 0 Å². The molecule has 1 saturated heterocycles. The first-order valence-corrected chi connectivity index (χ1v) is 7.39. The molecule has 0 bridgehead atoms. The second-order valence-corrected chi connectivity index (χ2v) is 5.46. The van der Waals surface area contributed by atoms with Crippen LogP contribution in [0.25, 0.3) is 0 Å².